The third-order valence-electron chi connectivity index (χ3n) is 0.317. The summed E-state index contributed by atoms with van der Waals surface area (Å²) in [6.45, 7) is 0. The molecule has 2 N–H and O–H groups in total. The molecule has 0 spiro atoms. The van der Waals surface area contributed by atoms with E-state index in [-0.39, 0.29) is 0 Å². The van der Waals surface area contributed by atoms with Gasteiger partial charge in [0.05, 0.1) is 6.20 Å². The van der Waals surface area contributed by atoms with E-state index in [9.17, 15) is 0 Å². The summed E-state index contributed by atoms with van der Waals surface area (Å²) in [5, 5.41) is 8.38. The molecule has 4 heteroatoms. The van der Waals surface area contributed by atoms with Gasteiger partial charge in [0.25, 0.3) is 0 Å². The highest BCUT2D eigenvalue weighted by molar-refractivity contribution is 5.50. The first-order valence-electron chi connectivity index (χ1n) is 1.72. The lowest BCUT2D eigenvalue weighted by molar-refractivity contribution is 0.996. The Morgan fingerprint density at radius 2 is 2.57 bits per heavy atom. The molecule has 0 rings (SSSR count). The average Bonchev–Trinajstić information content (AvgIpc) is 1.69. The minimum absolute atomic E-state index is 1.46. The van der Waals surface area contributed by atoms with Crippen LogP contribution in [0.5, 0.6) is 0 Å². The lowest BCUT2D eigenvalue weighted by Gasteiger charge is -1.71. The van der Waals surface area contributed by atoms with Gasteiger partial charge in [-0.15, -0.1) is 0 Å². The van der Waals surface area contributed by atoms with Crippen molar-refractivity contribution in [1.82, 2.24) is 5.32 Å². The maximum Gasteiger partial charge on any atom is 0.0613 e. The molecule has 0 aromatic carbocycles. The lowest BCUT2D eigenvalue weighted by atomic mass is 11.0. The van der Waals surface area contributed by atoms with Crippen LogP contribution in [0.2, 0.25) is 0 Å². The van der Waals surface area contributed by atoms with Crippen LogP contribution in [-0.4, -0.2) is 12.9 Å². The first-order chi connectivity index (χ1) is 3.41. The molecule has 0 aromatic heterocycles. The Hall–Kier alpha value is -1.15. The van der Waals surface area contributed by atoms with Gasteiger partial charge in [0.2, 0.25) is 0 Å². The Kier molecular flexibility index (Phi) is 4.05. The molecule has 4 nitrogen and oxygen atoms in total. The Morgan fingerprint density at radius 3 is 3.00 bits per heavy atom. The fourth-order valence-corrected chi connectivity index (χ4v) is 0.122. The molecule has 0 aromatic rings. The largest absolute Gasteiger partial charge is 0.386 e. The van der Waals surface area contributed by atoms with Gasteiger partial charge in [-0.1, -0.05) is 5.10 Å². The maximum atomic E-state index is 6.13. The van der Waals surface area contributed by atoms with Crippen molar-refractivity contribution in [3.63, 3.8) is 0 Å². The van der Waals surface area contributed by atoms with Gasteiger partial charge in [-0.25, -0.2) is 0 Å². The zero-order chi connectivity index (χ0) is 5.54. The molecule has 0 amide bonds. The van der Waals surface area contributed by atoms with Crippen molar-refractivity contribution in [2.24, 2.45) is 10.3 Å². The maximum absolute atomic E-state index is 6.13. The van der Waals surface area contributed by atoms with Crippen LogP contribution in [0.15, 0.2) is 16.5 Å². The molecule has 0 unspecified atom stereocenters. The van der Waals surface area contributed by atoms with Gasteiger partial charge in [0, 0.05) is 12.9 Å². The first kappa shape index (κ1) is 5.85. The first-order valence-corrected chi connectivity index (χ1v) is 1.72. The fraction of sp³-hybridized carbons (Fsp3) is 0.333. The molecular formula is C3H6N4. The Bertz CT molecular complexity index is 99.5. The number of nitrogens with zero attached hydrogens (tertiary/aromatic N) is 2. The smallest absolute Gasteiger partial charge is 0.0613 e. The molecule has 38 valence electrons. The second kappa shape index (κ2) is 4.85. The monoisotopic (exact) mass is 98.1 g/mol. The van der Waals surface area contributed by atoms with Gasteiger partial charge < -0.3 is 5.32 Å². The predicted molar refractivity (Wildman–Crippen MR) is 26.2 cm³/mol. The number of hydrogen-bond acceptors (Lipinski definition) is 3. The van der Waals surface area contributed by atoms with E-state index in [0.717, 1.165) is 0 Å². The minimum atomic E-state index is 1.46. The molecule has 0 bridgehead atoms. The number of rotatable bonds is 2. The van der Waals surface area contributed by atoms with Crippen LogP contribution in [0.4, 0.5) is 0 Å². The summed E-state index contributed by atoms with van der Waals surface area (Å²) < 4.78 is 0. The van der Waals surface area contributed by atoms with Gasteiger partial charge in [-0.2, -0.15) is 5.53 Å². The molecule has 7 heavy (non-hydrogen) atoms. The summed E-state index contributed by atoms with van der Waals surface area (Å²) >= 11 is 0. The molecule has 0 aliphatic carbocycles. The van der Waals surface area contributed by atoms with Crippen LogP contribution in [0, 0.1) is 5.53 Å². The van der Waals surface area contributed by atoms with E-state index in [4.69, 9.17) is 5.53 Å². The van der Waals surface area contributed by atoms with E-state index in [1.165, 1.54) is 6.20 Å². The van der Waals surface area contributed by atoms with Crippen molar-refractivity contribution in [1.29, 1.82) is 5.53 Å². The minimum Gasteiger partial charge on any atom is -0.386 e. The van der Waals surface area contributed by atoms with Gasteiger partial charge in [0.15, 0.2) is 0 Å². The van der Waals surface area contributed by atoms with Crippen LogP contribution in [0.1, 0.15) is 0 Å². The zero-order valence-electron chi connectivity index (χ0n) is 3.97. The molecule has 0 radical (unpaired) electrons. The van der Waals surface area contributed by atoms with Crippen LogP contribution in [0.3, 0.4) is 0 Å². The van der Waals surface area contributed by atoms with Crippen molar-refractivity contribution in [3.8, 4) is 0 Å². The molecule has 0 fully saturated rings. The van der Waals surface area contributed by atoms with E-state index < -0.39 is 0 Å². The highest BCUT2D eigenvalue weighted by Crippen LogP contribution is 1.56. The Morgan fingerprint density at radius 1 is 1.86 bits per heavy atom. The SMILES string of the molecule is CNC=C=NN=N. The summed E-state index contributed by atoms with van der Waals surface area (Å²) in [6, 6.07) is 0. The highest BCUT2D eigenvalue weighted by atomic mass is 15.3. The Labute approximate surface area is 41.4 Å². The van der Waals surface area contributed by atoms with Crippen molar-refractivity contribution >= 4 is 5.87 Å². The highest BCUT2D eigenvalue weighted by Gasteiger charge is 1.50. The number of hydrogen-bond donors (Lipinski definition) is 2. The second-order valence-electron chi connectivity index (χ2n) is 0.762. The van der Waals surface area contributed by atoms with E-state index in [1.54, 1.807) is 7.05 Å². The molecule has 0 atom stereocenters. The second-order valence-corrected chi connectivity index (χ2v) is 0.762. The van der Waals surface area contributed by atoms with Crippen LogP contribution in [0.25, 0.3) is 0 Å². The van der Waals surface area contributed by atoms with Gasteiger partial charge in [-0.3, -0.25) is 0 Å². The zero-order valence-corrected chi connectivity index (χ0v) is 3.97. The predicted octanol–water partition coefficient (Wildman–Crippen LogP) is 0.335. The molecule has 0 saturated carbocycles. The average molecular weight is 98.1 g/mol. The number of nitrogens with one attached hydrogen (secondary N) is 2. The molecule has 0 saturated heterocycles. The normalized spacial score (nSPS) is 5.86. The summed E-state index contributed by atoms with van der Waals surface area (Å²) in [7, 11) is 1.71. The van der Waals surface area contributed by atoms with Gasteiger partial charge in [-0.05, 0) is 5.22 Å². The van der Waals surface area contributed by atoms with Crippen LogP contribution < -0.4 is 5.32 Å². The molecule has 0 aliphatic heterocycles. The van der Waals surface area contributed by atoms with E-state index >= 15 is 0 Å². The van der Waals surface area contributed by atoms with Crippen LogP contribution in [-0.2, 0) is 0 Å². The molecule has 0 heterocycles. The van der Waals surface area contributed by atoms with Crippen LogP contribution >= 0.6 is 0 Å². The topological polar surface area (TPSA) is 60.6 Å². The quantitative estimate of drug-likeness (QED) is 0.292. The standard InChI is InChI=1S/C3H6N4/c1-5-2-3-6-7-4/h2,4-5H,1H3. The van der Waals surface area contributed by atoms with E-state index in [1.807, 2.05) is 0 Å². The van der Waals surface area contributed by atoms with Crippen molar-refractivity contribution in [2.45, 2.75) is 0 Å². The molecular weight excluding hydrogens is 92.1 g/mol. The third kappa shape index (κ3) is 4.85. The van der Waals surface area contributed by atoms with Gasteiger partial charge in [0.1, 0.15) is 0 Å². The summed E-state index contributed by atoms with van der Waals surface area (Å²) in [4.78, 5) is 0. The lowest BCUT2D eigenvalue weighted by Crippen LogP contribution is -1.90. The fourth-order valence-electron chi connectivity index (χ4n) is 0.122. The third-order valence-corrected chi connectivity index (χ3v) is 0.317. The van der Waals surface area contributed by atoms with E-state index in [2.05, 4.69) is 21.5 Å². The Balaban J connectivity index is 3.40. The summed E-state index contributed by atoms with van der Waals surface area (Å²) in [5.74, 6) is 2.32. The van der Waals surface area contributed by atoms with Gasteiger partial charge >= 0.3 is 0 Å². The van der Waals surface area contributed by atoms with E-state index in [0.29, 0.717) is 0 Å². The van der Waals surface area contributed by atoms with Crippen molar-refractivity contribution < 1.29 is 0 Å². The molecule has 0 aliphatic rings. The summed E-state index contributed by atoms with van der Waals surface area (Å²) in [6.07, 6.45) is 1.46. The van der Waals surface area contributed by atoms with Crippen molar-refractivity contribution in [3.05, 3.63) is 6.20 Å². The summed E-state index contributed by atoms with van der Waals surface area (Å²) in [5.41, 5.74) is 6.13. The van der Waals surface area contributed by atoms with Crippen molar-refractivity contribution in [2.75, 3.05) is 7.05 Å².